The Hall–Kier alpha value is -1.47. The van der Waals surface area contributed by atoms with Crippen molar-refractivity contribution in [2.45, 2.75) is 6.10 Å². The molecule has 0 radical (unpaired) electrons. The normalized spacial score (nSPS) is 12.8. The van der Waals surface area contributed by atoms with Crippen molar-refractivity contribution >= 4 is 5.69 Å². The molecule has 66 valence electrons. The van der Waals surface area contributed by atoms with Gasteiger partial charge in [0.2, 0.25) is 0 Å². The first kappa shape index (κ1) is 8.62. The van der Waals surface area contributed by atoms with Gasteiger partial charge < -0.3 is 10.2 Å². The fraction of sp³-hybridized carbons (Fsp3) is 0.400. The van der Waals surface area contributed by atoms with Crippen molar-refractivity contribution in [1.82, 2.24) is 10.2 Å². The van der Waals surface area contributed by atoms with Crippen LogP contribution in [0.4, 0.5) is 5.69 Å². The van der Waals surface area contributed by atoms with Gasteiger partial charge in [0.15, 0.2) is 0 Å². The van der Waals surface area contributed by atoms with Crippen molar-refractivity contribution in [3.05, 3.63) is 22.0 Å². The highest BCUT2D eigenvalue weighted by Gasteiger charge is 2.21. The highest BCUT2D eigenvalue weighted by Crippen LogP contribution is 2.20. The largest absolute Gasteiger partial charge is 0.393 e. The van der Waals surface area contributed by atoms with Gasteiger partial charge in [0.05, 0.1) is 11.5 Å². The van der Waals surface area contributed by atoms with Gasteiger partial charge in [-0.3, -0.25) is 15.2 Å². The molecule has 0 bridgehead atoms. The van der Waals surface area contributed by atoms with Crippen LogP contribution in [0.2, 0.25) is 0 Å². The number of aromatic amines is 1. The van der Waals surface area contributed by atoms with Crippen molar-refractivity contribution < 1.29 is 15.1 Å². The molecule has 1 atom stereocenters. The van der Waals surface area contributed by atoms with Gasteiger partial charge in [-0.05, 0) is 0 Å². The van der Waals surface area contributed by atoms with Gasteiger partial charge in [0, 0.05) is 0 Å². The number of aliphatic hydroxyl groups excluding tert-OH is 2. The number of hydrogen-bond acceptors (Lipinski definition) is 5. The molecule has 1 aromatic rings. The average Bonchev–Trinajstić information content (AvgIpc) is 2.50. The fourth-order valence-electron chi connectivity index (χ4n) is 0.772. The monoisotopic (exact) mass is 173 g/mol. The Balaban J connectivity index is 2.98. The summed E-state index contributed by atoms with van der Waals surface area (Å²) in [4.78, 5) is 9.57. The highest BCUT2D eigenvalue weighted by molar-refractivity contribution is 5.33. The number of H-pyrrole nitrogens is 1. The molecule has 1 unspecified atom stereocenters. The third-order valence-corrected chi connectivity index (χ3v) is 1.35. The summed E-state index contributed by atoms with van der Waals surface area (Å²) >= 11 is 0. The SMILES string of the molecule is O=[N+]([O-])c1cn[nH]c1C(O)CO. The molecule has 0 aliphatic carbocycles. The molecular formula is C5H7N3O4. The lowest BCUT2D eigenvalue weighted by Gasteiger charge is -2.01. The Morgan fingerprint density at radius 2 is 2.50 bits per heavy atom. The van der Waals surface area contributed by atoms with Crippen LogP contribution in [0.15, 0.2) is 6.20 Å². The van der Waals surface area contributed by atoms with Crippen molar-refractivity contribution in [3.63, 3.8) is 0 Å². The van der Waals surface area contributed by atoms with Gasteiger partial charge in [0.1, 0.15) is 18.0 Å². The molecule has 3 N–H and O–H groups in total. The van der Waals surface area contributed by atoms with Gasteiger partial charge in [-0.2, -0.15) is 5.10 Å². The van der Waals surface area contributed by atoms with Crippen LogP contribution in [0, 0.1) is 10.1 Å². The second kappa shape index (κ2) is 3.28. The van der Waals surface area contributed by atoms with Crippen LogP contribution in [-0.2, 0) is 0 Å². The van der Waals surface area contributed by atoms with Crippen molar-refractivity contribution in [1.29, 1.82) is 0 Å². The van der Waals surface area contributed by atoms with Gasteiger partial charge in [0.25, 0.3) is 0 Å². The van der Waals surface area contributed by atoms with Crippen LogP contribution in [0.3, 0.4) is 0 Å². The minimum atomic E-state index is -1.28. The van der Waals surface area contributed by atoms with Crippen molar-refractivity contribution in [2.24, 2.45) is 0 Å². The fourth-order valence-corrected chi connectivity index (χ4v) is 0.772. The lowest BCUT2D eigenvalue weighted by Crippen LogP contribution is -2.05. The lowest BCUT2D eigenvalue weighted by atomic mass is 10.2. The van der Waals surface area contributed by atoms with Crippen molar-refractivity contribution in [2.75, 3.05) is 6.61 Å². The van der Waals surface area contributed by atoms with Gasteiger partial charge >= 0.3 is 5.69 Å². The summed E-state index contributed by atoms with van der Waals surface area (Å²) in [5, 5.41) is 33.4. The first-order valence-corrected chi connectivity index (χ1v) is 3.13. The molecule has 0 aromatic carbocycles. The summed E-state index contributed by atoms with van der Waals surface area (Å²) in [7, 11) is 0. The van der Waals surface area contributed by atoms with Gasteiger partial charge in [-0.1, -0.05) is 0 Å². The Morgan fingerprint density at radius 1 is 1.83 bits per heavy atom. The molecule has 0 aliphatic rings. The Bertz CT molecular complexity index is 284. The van der Waals surface area contributed by atoms with E-state index < -0.39 is 17.6 Å². The first-order chi connectivity index (χ1) is 5.66. The van der Waals surface area contributed by atoms with E-state index in [1.54, 1.807) is 0 Å². The van der Waals surface area contributed by atoms with E-state index >= 15 is 0 Å². The van der Waals surface area contributed by atoms with E-state index in [0.717, 1.165) is 6.20 Å². The topological polar surface area (TPSA) is 112 Å². The van der Waals surface area contributed by atoms with Crippen LogP contribution in [0.5, 0.6) is 0 Å². The second-order valence-electron chi connectivity index (χ2n) is 2.12. The van der Waals surface area contributed by atoms with E-state index in [4.69, 9.17) is 10.2 Å². The summed E-state index contributed by atoms with van der Waals surface area (Å²) in [6, 6.07) is 0. The number of nitrogens with one attached hydrogen (secondary N) is 1. The van der Waals surface area contributed by atoms with E-state index in [2.05, 4.69) is 10.2 Å². The maximum Gasteiger partial charge on any atom is 0.312 e. The smallest absolute Gasteiger partial charge is 0.312 e. The molecule has 0 saturated heterocycles. The summed E-state index contributed by atoms with van der Waals surface area (Å²) < 4.78 is 0. The summed E-state index contributed by atoms with van der Waals surface area (Å²) in [6.45, 7) is -0.580. The van der Waals surface area contributed by atoms with E-state index in [9.17, 15) is 10.1 Å². The average molecular weight is 173 g/mol. The molecule has 1 heterocycles. The standard InChI is InChI=1S/C5H7N3O4/c9-2-4(10)5-3(8(11)12)1-6-7-5/h1,4,9-10H,2H2,(H,6,7). The summed E-state index contributed by atoms with van der Waals surface area (Å²) in [5.41, 5.74) is -0.404. The second-order valence-corrected chi connectivity index (χ2v) is 2.12. The molecule has 7 heteroatoms. The van der Waals surface area contributed by atoms with Gasteiger partial charge in [-0.15, -0.1) is 0 Å². The van der Waals surface area contributed by atoms with E-state index in [1.165, 1.54) is 0 Å². The predicted molar refractivity (Wildman–Crippen MR) is 37.3 cm³/mol. The Morgan fingerprint density at radius 3 is 3.00 bits per heavy atom. The molecule has 0 saturated carbocycles. The van der Waals surface area contributed by atoms with E-state index in [0.29, 0.717) is 0 Å². The van der Waals surface area contributed by atoms with Crippen molar-refractivity contribution in [3.8, 4) is 0 Å². The summed E-state index contributed by atoms with van der Waals surface area (Å²) in [5.74, 6) is 0. The number of aromatic nitrogens is 2. The number of rotatable bonds is 3. The number of nitro groups is 1. The minimum Gasteiger partial charge on any atom is -0.393 e. The Labute approximate surface area is 66.8 Å². The molecular weight excluding hydrogens is 166 g/mol. The maximum absolute atomic E-state index is 10.3. The van der Waals surface area contributed by atoms with Crippen LogP contribution < -0.4 is 0 Å². The quantitative estimate of drug-likeness (QED) is 0.415. The predicted octanol–water partition coefficient (Wildman–Crippen LogP) is -0.656. The summed E-state index contributed by atoms with van der Waals surface area (Å²) in [6.07, 6.45) is -0.304. The minimum absolute atomic E-state index is 0.0810. The number of nitrogens with zero attached hydrogens (tertiary/aromatic N) is 2. The Kier molecular flexibility index (Phi) is 2.36. The molecule has 0 spiro atoms. The molecule has 1 aromatic heterocycles. The third-order valence-electron chi connectivity index (χ3n) is 1.35. The molecule has 12 heavy (non-hydrogen) atoms. The van der Waals surface area contributed by atoms with E-state index in [-0.39, 0.29) is 11.4 Å². The van der Waals surface area contributed by atoms with Crippen LogP contribution in [0.1, 0.15) is 11.8 Å². The van der Waals surface area contributed by atoms with Crippen LogP contribution >= 0.6 is 0 Å². The molecule has 1 rings (SSSR count). The zero-order valence-corrected chi connectivity index (χ0v) is 5.97. The number of hydrogen-bond donors (Lipinski definition) is 3. The molecule has 0 aliphatic heterocycles. The zero-order chi connectivity index (χ0) is 9.14. The maximum atomic E-state index is 10.3. The van der Waals surface area contributed by atoms with E-state index in [1.807, 2.05) is 0 Å². The first-order valence-electron chi connectivity index (χ1n) is 3.13. The molecule has 0 amide bonds. The zero-order valence-electron chi connectivity index (χ0n) is 5.97. The van der Waals surface area contributed by atoms with Crippen LogP contribution in [-0.4, -0.2) is 31.9 Å². The number of aliphatic hydroxyl groups is 2. The lowest BCUT2D eigenvalue weighted by molar-refractivity contribution is -0.386. The van der Waals surface area contributed by atoms with Gasteiger partial charge in [-0.25, -0.2) is 0 Å². The molecule has 0 fully saturated rings. The highest BCUT2D eigenvalue weighted by atomic mass is 16.6. The third kappa shape index (κ3) is 1.41. The molecule has 7 nitrogen and oxygen atoms in total. The van der Waals surface area contributed by atoms with Crippen LogP contribution in [0.25, 0.3) is 0 Å².